The van der Waals surface area contributed by atoms with E-state index in [-0.39, 0.29) is 23.9 Å². The summed E-state index contributed by atoms with van der Waals surface area (Å²) in [6, 6.07) is 6.62. The standard InChI is InChI=1S/C18H22FN3OS/c1-2-16(17-20-10-11-24-17)21-18(23)22(14-7-5-8-14)12-13-6-3-4-9-15(13)19/h3-4,6,9-11,14,16H,2,5,7-8,12H2,1H3,(H,21,23)/t16-/m1/s1. The Morgan fingerprint density at radius 2 is 2.25 bits per heavy atom. The van der Waals surface area contributed by atoms with Crippen molar-refractivity contribution in [1.29, 1.82) is 0 Å². The number of rotatable bonds is 6. The molecule has 1 N–H and O–H groups in total. The summed E-state index contributed by atoms with van der Waals surface area (Å²) >= 11 is 1.54. The lowest BCUT2D eigenvalue weighted by Gasteiger charge is -2.38. The summed E-state index contributed by atoms with van der Waals surface area (Å²) in [5.41, 5.74) is 0.557. The summed E-state index contributed by atoms with van der Waals surface area (Å²) in [5.74, 6) is -0.262. The zero-order chi connectivity index (χ0) is 16.9. The van der Waals surface area contributed by atoms with Crippen LogP contribution in [0.4, 0.5) is 9.18 Å². The lowest BCUT2D eigenvalue weighted by atomic mass is 9.91. The quantitative estimate of drug-likeness (QED) is 0.836. The van der Waals surface area contributed by atoms with Crippen LogP contribution in [-0.4, -0.2) is 22.0 Å². The van der Waals surface area contributed by atoms with E-state index in [4.69, 9.17) is 0 Å². The number of hydrogen-bond acceptors (Lipinski definition) is 3. The molecule has 4 nitrogen and oxygen atoms in total. The van der Waals surface area contributed by atoms with E-state index in [9.17, 15) is 9.18 Å². The molecule has 1 aromatic heterocycles. The topological polar surface area (TPSA) is 45.2 Å². The number of halogens is 1. The second-order valence-corrected chi connectivity index (χ2v) is 7.01. The summed E-state index contributed by atoms with van der Waals surface area (Å²) in [5, 5.41) is 5.89. The number of benzene rings is 1. The van der Waals surface area contributed by atoms with E-state index >= 15 is 0 Å². The van der Waals surface area contributed by atoms with Gasteiger partial charge in [-0.3, -0.25) is 0 Å². The van der Waals surface area contributed by atoms with Gasteiger partial charge >= 0.3 is 6.03 Å². The van der Waals surface area contributed by atoms with Crippen molar-refractivity contribution in [1.82, 2.24) is 15.2 Å². The summed E-state index contributed by atoms with van der Waals surface area (Å²) in [6.07, 6.45) is 5.61. The van der Waals surface area contributed by atoms with Gasteiger partial charge in [-0.15, -0.1) is 11.3 Å². The molecule has 2 aromatic rings. The molecule has 128 valence electrons. The summed E-state index contributed by atoms with van der Waals surface area (Å²) in [7, 11) is 0. The Kier molecular flexibility index (Phi) is 5.45. The molecule has 1 saturated carbocycles. The average molecular weight is 347 g/mol. The van der Waals surface area contributed by atoms with Gasteiger partial charge in [-0.2, -0.15) is 0 Å². The smallest absolute Gasteiger partial charge is 0.318 e. The fraction of sp³-hybridized carbons (Fsp3) is 0.444. The molecule has 1 atom stereocenters. The first-order valence-electron chi connectivity index (χ1n) is 8.39. The number of thiazole rings is 1. The van der Waals surface area contributed by atoms with Gasteiger partial charge in [0.1, 0.15) is 10.8 Å². The van der Waals surface area contributed by atoms with E-state index in [1.165, 1.54) is 17.4 Å². The van der Waals surface area contributed by atoms with Crippen molar-refractivity contribution in [2.75, 3.05) is 0 Å². The van der Waals surface area contributed by atoms with Crippen LogP contribution in [0.1, 0.15) is 49.2 Å². The minimum absolute atomic E-state index is 0.0966. The molecule has 1 aliphatic carbocycles. The van der Waals surface area contributed by atoms with Gasteiger partial charge in [0.25, 0.3) is 0 Å². The van der Waals surface area contributed by atoms with Crippen molar-refractivity contribution < 1.29 is 9.18 Å². The average Bonchev–Trinajstić information content (AvgIpc) is 3.06. The van der Waals surface area contributed by atoms with Crippen LogP contribution in [0.25, 0.3) is 0 Å². The highest BCUT2D eigenvalue weighted by atomic mass is 32.1. The first-order valence-corrected chi connectivity index (χ1v) is 9.27. The van der Waals surface area contributed by atoms with Crippen molar-refractivity contribution in [3.05, 3.63) is 52.2 Å². The Morgan fingerprint density at radius 1 is 1.46 bits per heavy atom. The SMILES string of the molecule is CC[C@@H](NC(=O)N(Cc1ccccc1F)C1CCC1)c1nccs1. The molecule has 0 aliphatic heterocycles. The van der Waals surface area contributed by atoms with E-state index in [1.54, 1.807) is 29.3 Å². The Morgan fingerprint density at radius 3 is 2.83 bits per heavy atom. The minimum Gasteiger partial charge on any atom is -0.329 e. The van der Waals surface area contributed by atoms with E-state index in [1.807, 2.05) is 12.3 Å². The fourth-order valence-corrected chi connectivity index (χ4v) is 3.62. The van der Waals surface area contributed by atoms with Crippen LogP contribution in [0.2, 0.25) is 0 Å². The fourth-order valence-electron chi connectivity index (χ4n) is 2.85. The second-order valence-electron chi connectivity index (χ2n) is 6.08. The van der Waals surface area contributed by atoms with E-state index in [2.05, 4.69) is 10.3 Å². The van der Waals surface area contributed by atoms with Crippen LogP contribution < -0.4 is 5.32 Å². The van der Waals surface area contributed by atoms with Crippen molar-refractivity contribution in [2.45, 2.75) is 51.2 Å². The number of nitrogens with zero attached hydrogens (tertiary/aromatic N) is 2. The number of urea groups is 1. The number of aromatic nitrogens is 1. The Labute approximate surface area is 145 Å². The zero-order valence-electron chi connectivity index (χ0n) is 13.7. The second kappa shape index (κ2) is 7.75. The molecule has 1 aromatic carbocycles. The van der Waals surface area contributed by atoms with Crippen LogP contribution in [0.3, 0.4) is 0 Å². The normalized spacial score (nSPS) is 15.6. The number of nitrogens with one attached hydrogen (secondary N) is 1. The molecule has 24 heavy (non-hydrogen) atoms. The molecule has 1 heterocycles. The highest BCUT2D eigenvalue weighted by Crippen LogP contribution is 2.28. The molecule has 0 saturated heterocycles. The highest BCUT2D eigenvalue weighted by Gasteiger charge is 2.30. The third kappa shape index (κ3) is 3.75. The summed E-state index contributed by atoms with van der Waals surface area (Å²) in [4.78, 5) is 18.9. The Hall–Kier alpha value is -1.95. The van der Waals surface area contributed by atoms with Gasteiger partial charge in [0.15, 0.2) is 0 Å². The van der Waals surface area contributed by atoms with Crippen molar-refractivity contribution in [3.63, 3.8) is 0 Å². The van der Waals surface area contributed by atoms with Gasteiger partial charge in [-0.25, -0.2) is 14.2 Å². The van der Waals surface area contributed by atoms with Gasteiger partial charge in [0.05, 0.1) is 12.6 Å². The van der Waals surface area contributed by atoms with Gasteiger partial charge in [-0.05, 0) is 31.7 Å². The summed E-state index contributed by atoms with van der Waals surface area (Å²) in [6.45, 7) is 2.33. The monoisotopic (exact) mass is 347 g/mol. The van der Waals surface area contributed by atoms with E-state index in [0.29, 0.717) is 12.1 Å². The molecular weight excluding hydrogens is 325 g/mol. The number of hydrogen-bond donors (Lipinski definition) is 1. The molecule has 0 radical (unpaired) electrons. The first kappa shape index (κ1) is 16.9. The van der Waals surface area contributed by atoms with Crippen molar-refractivity contribution in [2.24, 2.45) is 0 Å². The Bertz CT molecular complexity index is 673. The minimum atomic E-state index is -0.262. The molecule has 1 fully saturated rings. The maximum Gasteiger partial charge on any atom is 0.318 e. The number of carbonyl (C=O) groups is 1. The maximum absolute atomic E-state index is 14.0. The third-order valence-corrected chi connectivity index (χ3v) is 5.42. The third-order valence-electron chi connectivity index (χ3n) is 4.53. The van der Waals surface area contributed by atoms with Crippen LogP contribution in [0.5, 0.6) is 0 Å². The van der Waals surface area contributed by atoms with Crippen LogP contribution >= 0.6 is 11.3 Å². The maximum atomic E-state index is 14.0. The first-order chi connectivity index (χ1) is 11.7. The lowest BCUT2D eigenvalue weighted by Crippen LogP contribution is -2.49. The summed E-state index contributed by atoms with van der Waals surface area (Å²) < 4.78 is 14.0. The molecular formula is C18H22FN3OS. The number of carbonyl (C=O) groups excluding carboxylic acids is 1. The molecule has 0 unspecified atom stereocenters. The predicted octanol–water partition coefficient (Wildman–Crippen LogP) is 4.50. The molecule has 2 amide bonds. The highest BCUT2D eigenvalue weighted by molar-refractivity contribution is 7.09. The lowest BCUT2D eigenvalue weighted by molar-refractivity contribution is 0.129. The predicted molar refractivity (Wildman–Crippen MR) is 93.3 cm³/mol. The van der Waals surface area contributed by atoms with Crippen LogP contribution in [0, 0.1) is 5.82 Å². The Balaban J connectivity index is 1.73. The number of amides is 2. The van der Waals surface area contributed by atoms with Gasteiger partial charge in [0, 0.05) is 23.2 Å². The van der Waals surface area contributed by atoms with Gasteiger partial charge in [-0.1, -0.05) is 25.1 Å². The molecule has 0 bridgehead atoms. The van der Waals surface area contributed by atoms with Crippen LogP contribution in [-0.2, 0) is 6.54 Å². The molecule has 3 rings (SSSR count). The van der Waals surface area contributed by atoms with E-state index in [0.717, 1.165) is 30.7 Å². The molecule has 0 spiro atoms. The molecule has 1 aliphatic rings. The molecule has 6 heteroatoms. The largest absolute Gasteiger partial charge is 0.329 e. The van der Waals surface area contributed by atoms with Crippen LogP contribution in [0.15, 0.2) is 35.8 Å². The zero-order valence-corrected chi connectivity index (χ0v) is 14.6. The van der Waals surface area contributed by atoms with Crippen molar-refractivity contribution >= 4 is 17.4 Å². The van der Waals surface area contributed by atoms with Crippen molar-refractivity contribution in [3.8, 4) is 0 Å². The van der Waals surface area contributed by atoms with Gasteiger partial charge < -0.3 is 10.2 Å². The van der Waals surface area contributed by atoms with E-state index < -0.39 is 0 Å². The van der Waals surface area contributed by atoms with Gasteiger partial charge in [0.2, 0.25) is 0 Å².